The van der Waals surface area contributed by atoms with E-state index in [9.17, 15) is 9.59 Å². The molecule has 0 aliphatic carbocycles. The largest absolute Gasteiger partial charge is 0.466 e. The van der Waals surface area contributed by atoms with Crippen LogP contribution in [0.2, 0.25) is 0 Å². The molecule has 0 spiro atoms. The second-order valence-corrected chi connectivity index (χ2v) is 4.45. The third-order valence-electron chi connectivity index (χ3n) is 3.13. The minimum Gasteiger partial charge on any atom is -0.466 e. The maximum atomic E-state index is 11.6. The van der Waals surface area contributed by atoms with Crippen molar-refractivity contribution in [1.82, 2.24) is 4.90 Å². The Morgan fingerprint density at radius 3 is 2.78 bits per heavy atom. The van der Waals surface area contributed by atoms with Gasteiger partial charge in [0.05, 0.1) is 25.7 Å². The molecule has 0 aromatic carbocycles. The lowest BCUT2D eigenvalue weighted by atomic mass is 10.00. The van der Waals surface area contributed by atoms with Gasteiger partial charge in [-0.2, -0.15) is 0 Å². The van der Waals surface area contributed by atoms with E-state index in [4.69, 9.17) is 9.47 Å². The van der Waals surface area contributed by atoms with Gasteiger partial charge in [0.25, 0.3) is 0 Å². The quantitative estimate of drug-likeness (QED) is 0.477. The van der Waals surface area contributed by atoms with Crippen LogP contribution >= 0.6 is 0 Å². The topological polar surface area (TPSA) is 55.8 Å². The fraction of sp³-hybridized carbons (Fsp3) is 0.846. The summed E-state index contributed by atoms with van der Waals surface area (Å²) in [5.74, 6) is -0.518. The van der Waals surface area contributed by atoms with E-state index in [0.717, 1.165) is 52.0 Å². The minimum atomic E-state index is -0.275. The number of morpholine rings is 1. The van der Waals surface area contributed by atoms with E-state index >= 15 is 0 Å². The molecule has 18 heavy (non-hydrogen) atoms. The van der Waals surface area contributed by atoms with Crippen LogP contribution in [0.5, 0.6) is 0 Å². The highest BCUT2D eigenvalue weighted by Crippen LogP contribution is 2.13. The third-order valence-corrected chi connectivity index (χ3v) is 3.13. The lowest BCUT2D eigenvalue weighted by Crippen LogP contribution is -2.37. The normalized spacial score (nSPS) is 18.3. The summed E-state index contributed by atoms with van der Waals surface area (Å²) in [6, 6.07) is 0. The number of carbonyl (C=O) groups is 2. The molecule has 0 aromatic rings. The number of nitrogens with zero attached hydrogens (tertiary/aromatic N) is 1. The summed E-state index contributed by atoms with van der Waals surface area (Å²) in [5, 5.41) is 0. The lowest BCUT2D eigenvalue weighted by molar-refractivity contribution is -0.149. The second-order valence-electron chi connectivity index (χ2n) is 4.45. The van der Waals surface area contributed by atoms with Crippen LogP contribution in [0.1, 0.15) is 26.2 Å². The second kappa shape index (κ2) is 9.05. The molecule has 0 N–H and O–H groups in total. The zero-order valence-electron chi connectivity index (χ0n) is 11.1. The van der Waals surface area contributed by atoms with Crippen LogP contribution in [0.25, 0.3) is 0 Å². The van der Waals surface area contributed by atoms with Gasteiger partial charge in [-0.25, -0.2) is 0 Å². The molecule has 1 saturated heterocycles. The molecule has 0 amide bonds. The fourth-order valence-electron chi connectivity index (χ4n) is 2.09. The Hall–Kier alpha value is -0.940. The third kappa shape index (κ3) is 5.60. The number of esters is 1. The van der Waals surface area contributed by atoms with Crippen molar-refractivity contribution in [2.45, 2.75) is 26.2 Å². The smallest absolute Gasteiger partial charge is 0.309 e. The molecule has 1 rings (SSSR count). The lowest BCUT2D eigenvalue weighted by Gasteiger charge is -2.26. The van der Waals surface area contributed by atoms with Gasteiger partial charge in [-0.3, -0.25) is 9.69 Å². The van der Waals surface area contributed by atoms with E-state index in [2.05, 4.69) is 4.90 Å². The van der Waals surface area contributed by atoms with Crippen LogP contribution in [0.3, 0.4) is 0 Å². The van der Waals surface area contributed by atoms with E-state index in [1.54, 1.807) is 6.92 Å². The van der Waals surface area contributed by atoms with E-state index in [0.29, 0.717) is 6.61 Å². The van der Waals surface area contributed by atoms with E-state index in [1.165, 1.54) is 0 Å². The number of hydrogen-bond acceptors (Lipinski definition) is 5. The van der Waals surface area contributed by atoms with Crippen molar-refractivity contribution in [2.75, 3.05) is 39.5 Å². The van der Waals surface area contributed by atoms with Crippen molar-refractivity contribution < 1.29 is 19.1 Å². The van der Waals surface area contributed by atoms with Gasteiger partial charge in [0.2, 0.25) is 0 Å². The summed E-state index contributed by atoms with van der Waals surface area (Å²) >= 11 is 0. The van der Waals surface area contributed by atoms with E-state index in [1.807, 2.05) is 0 Å². The molecular formula is C13H23NO4. The highest BCUT2D eigenvalue weighted by Gasteiger charge is 2.19. The van der Waals surface area contributed by atoms with Gasteiger partial charge in [0, 0.05) is 19.5 Å². The summed E-state index contributed by atoms with van der Waals surface area (Å²) in [4.78, 5) is 24.5. The SMILES string of the molecule is CCOC(=O)[C@@H](CC=O)CCCN1CCOCC1. The van der Waals surface area contributed by atoms with Crippen molar-refractivity contribution in [3.05, 3.63) is 0 Å². The average Bonchev–Trinajstić information content (AvgIpc) is 2.39. The maximum Gasteiger partial charge on any atom is 0.309 e. The molecule has 1 atom stereocenters. The van der Waals surface area contributed by atoms with Gasteiger partial charge in [-0.1, -0.05) is 0 Å². The number of carbonyl (C=O) groups excluding carboxylic acids is 2. The molecule has 5 heteroatoms. The Bertz CT molecular complexity index is 251. The molecule has 104 valence electrons. The van der Waals surface area contributed by atoms with Crippen molar-refractivity contribution in [2.24, 2.45) is 5.92 Å². The van der Waals surface area contributed by atoms with Crippen molar-refractivity contribution in [3.8, 4) is 0 Å². The van der Waals surface area contributed by atoms with Gasteiger partial charge in [0.1, 0.15) is 6.29 Å². The first-order valence-electron chi connectivity index (χ1n) is 6.68. The molecule has 0 saturated carbocycles. The predicted molar refractivity (Wildman–Crippen MR) is 67.3 cm³/mol. The Kier molecular flexibility index (Phi) is 7.60. The van der Waals surface area contributed by atoms with Gasteiger partial charge in [-0.05, 0) is 26.3 Å². The number of aldehydes is 1. The Morgan fingerprint density at radius 2 is 2.17 bits per heavy atom. The molecule has 0 bridgehead atoms. The Morgan fingerprint density at radius 1 is 1.44 bits per heavy atom. The number of ether oxygens (including phenoxy) is 2. The number of hydrogen-bond donors (Lipinski definition) is 0. The molecule has 0 aromatic heterocycles. The van der Waals surface area contributed by atoms with E-state index < -0.39 is 0 Å². The number of rotatable bonds is 8. The highest BCUT2D eigenvalue weighted by atomic mass is 16.5. The zero-order chi connectivity index (χ0) is 13.2. The first-order chi connectivity index (χ1) is 8.77. The van der Waals surface area contributed by atoms with Crippen LogP contribution in [0, 0.1) is 5.92 Å². The Labute approximate surface area is 108 Å². The van der Waals surface area contributed by atoms with Crippen LogP contribution in [0.4, 0.5) is 0 Å². The van der Waals surface area contributed by atoms with Crippen LogP contribution in [0.15, 0.2) is 0 Å². The van der Waals surface area contributed by atoms with Crippen LogP contribution < -0.4 is 0 Å². The average molecular weight is 257 g/mol. The summed E-state index contributed by atoms with van der Waals surface area (Å²) in [7, 11) is 0. The molecule has 1 aliphatic rings. The van der Waals surface area contributed by atoms with E-state index in [-0.39, 0.29) is 18.3 Å². The van der Waals surface area contributed by atoms with Crippen molar-refractivity contribution in [1.29, 1.82) is 0 Å². The summed E-state index contributed by atoms with van der Waals surface area (Å²) in [6.07, 6.45) is 2.70. The maximum absolute atomic E-state index is 11.6. The molecule has 1 aliphatic heterocycles. The summed E-state index contributed by atoms with van der Waals surface area (Å²) in [5.41, 5.74) is 0. The standard InChI is InChI=1S/C13H23NO4/c1-2-18-13(16)12(5-9-15)4-3-6-14-7-10-17-11-8-14/h9,12H,2-8,10-11H2,1H3/t12-/m1/s1. The van der Waals surface area contributed by atoms with Crippen LogP contribution in [-0.2, 0) is 19.1 Å². The van der Waals surface area contributed by atoms with Gasteiger partial charge in [-0.15, -0.1) is 0 Å². The van der Waals surface area contributed by atoms with Crippen molar-refractivity contribution in [3.63, 3.8) is 0 Å². The minimum absolute atomic E-state index is 0.244. The molecule has 0 unspecified atom stereocenters. The molecule has 1 heterocycles. The molecular weight excluding hydrogens is 234 g/mol. The van der Waals surface area contributed by atoms with Gasteiger partial charge in [0.15, 0.2) is 0 Å². The highest BCUT2D eigenvalue weighted by molar-refractivity contribution is 5.75. The monoisotopic (exact) mass is 257 g/mol. The zero-order valence-corrected chi connectivity index (χ0v) is 11.1. The van der Waals surface area contributed by atoms with Gasteiger partial charge >= 0.3 is 5.97 Å². The van der Waals surface area contributed by atoms with Crippen LogP contribution in [-0.4, -0.2) is 56.6 Å². The summed E-state index contributed by atoms with van der Waals surface area (Å²) < 4.78 is 10.2. The summed E-state index contributed by atoms with van der Waals surface area (Å²) in [6.45, 7) is 6.60. The molecule has 1 fully saturated rings. The first-order valence-corrected chi connectivity index (χ1v) is 6.68. The fourth-order valence-corrected chi connectivity index (χ4v) is 2.09. The van der Waals surface area contributed by atoms with Crippen molar-refractivity contribution >= 4 is 12.3 Å². The first kappa shape index (κ1) is 15.1. The molecule has 0 radical (unpaired) electrons. The van der Waals surface area contributed by atoms with Gasteiger partial charge < -0.3 is 14.3 Å². The molecule has 5 nitrogen and oxygen atoms in total. The Balaban J connectivity index is 2.23. The predicted octanol–water partition coefficient (Wildman–Crippen LogP) is 0.867.